The van der Waals surface area contributed by atoms with Crippen LogP contribution in [0.3, 0.4) is 0 Å². The van der Waals surface area contributed by atoms with Gasteiger partial charge in [0, 0.05) is 17.0 Å². The first-order valence-electron chi connectivity index (χ1n) is 9.31. The molecule has 1 amide bonds. The third kappa shape index (κ3) is 2.42. The molecule has 2 aromatic rings. The van der Waals surface area contributed by atoms with Crippen molar-refractivity contribution < 1.29 is 14.6 Å². The molecule has 1 unspecified atom stereocenters. The number of carbonyl (C=O) groups is 1. The van der Waals surface area contributed by atoms with Crippen LogP contribution in [0.25, 0.3) is 0 Å². The minimum atomic E-state index is -1.13. The van der Waals surface area contributed by atoms with Crippen molar-refractivity contribution in [2.45, 2.75) is 36.8 Å². The second kappa shape index (κ2) is 6.08. The molecule has 0 radical (unpaired) electrons. The summed E-state index contributed by atoms with van der Waals surface area (Å²) in [6.07, 6.45) is 1.54. The van der Waals surface area contributed by atoms with Crippen LogP contribution in [0.2, 0.25) is 0 Å². The van der Waals surface area contributed by atoms with Gasteiger partial charge in [0.05, 0.1) is 7.11 Å². The number of hydrogen-bond acceptors (Lipinski definition) is 4. The van der Waals surface area contributed by atoms with Gasteiger partial charge in [0.25, 0.3) is 0 Å². The lowest BCUT2D eigenvalue weighted by Crippen LogP contribution is -2.67. The summed E-state index contributed by atoms with van der Waals surface area (Å²) in [6, 6.07) is 13.2. The summed E-state index contributed by atoms with van der Waals surface area (Å²) in [6.45, 7) is 3.02. The Labute approximate surface area is 159 Å². The molecule has 5 nitrogen and oxygen atoms in total. The van der Waals surface area contributed by atoms with E-state index in [9.17, 15) is 9.90 Å². The van der Waals surface area contributed by atoms with Crippen LogP contribution in [0.4, 0.5) is 0 Å². The van der Waals surface area contributed by atoms with Gasteiger partial charge in [-0.1, -0.05) is 25.1 Å². The van der Waals surface area contributed by atoms with Gasteiger partial charge in [-0.2, -0.15) is 0 Å². The number of ether oxygens (including phenoxy) is 1. The maximum atomic E-state index is 12.2. The molecule has 0 aromatic heterocycles. The summed E-state index contributed by atoms with van der Waals surface area (Å²) in [4.78, 5) is 14.0. The molecule has 1 aliphatic carbocycles. The number of amides is 1. The first-order chi connectivity index (χ1) is 12.8. The molecule has 2 aromatic carbocycles. The first kappa shape index (κ1) is 18.0. The number of piperidine rings is 1. The van der Waals surface area contributed by atoms with Crippen LogP contribution in [-0.4, -0.2) is 42.7 Å². The lowest BCUT2D eigenvalue weighted by atomic mass is 9.53. The van der Waals surface area contributed by atoms with Crippen LogP contribution < -0.4 is 10.5 Å². The second-order valence-electron chi connectivity index (χ2n) is 8.02. The van der Waals surface area contributed by atoms with Gasteiger partial charge in [-0.15, -0.1) is 0 Å². The number of hydrogen-bond donors (Lipinski definition) is 2. The van der Waals surface area contributed by atoms with Crippen molar-refractivity contribution in [2.24, 2.45) is 5.73 Å². The Kier molecular flexibility index (Phi) is 4.05. The van der Waals surface area contributed by atoms with Gasteiger partial charge < -0.3 is 15.6 Å². The van der Waals surface area contributed by atoms with E-state index in [-0.39, 0.29) is 6.04 Å². The Morgan fingerprint density at radius 1 is 1.30 bits per heavy atom. The summed E-state index contributed by atoms with van der Waals surface area (Å²) < 4.78 is 5.46. The molecule has 3 N–H and O–H groups in total. The molecule has 1 saturated heterocycles. The Morgan fingerprint density at radius 3 is 2.78 bits per heavy atom. The Morgan fingerprint density at radius 2 is 2.07 bits per heavy atom. The maximum absolute atomic E-state index is 12.2. The van der Waals surface area contributed by atoms with Gasteiger partial charge in [-0.25, -0.2) is 0 Å². The minimum Gasteiger partial charge on any atom is -0.497 e. The number of carbonyl (C=O) groups excluding carboxylic acids is 1. The molecule has 142 valence electrons. The van der Waals surface area contributed by atoms with Crippen molar-refractivity contribution in [3.63, 3.8) is 0 Å². The Balaban J connectivity index is 1.96. The number of likely N-dealkylation sites (N-methyl/N-ethyl adjacent to an activating group) is 1. The monoisotopic (exact) mass is 366 g/mol. The molecule has 0 saturated carbocycles. The van der Waals surface area contributed by atoms with Gasteiger partial charge in [0.1, 0.15) is 11.4 Å². The van der Waals surface area contributed by atoms with E-state index in [1.165, 1.54) is 5.56 Å². The number of rotatable bonds is 3. The smallest absolute Gasteiger partial charge is 0.248 e. The number of aliphatic hydroxyl groups is 1. The molecule has 2 bridgehead atoms. The molecule has 27 heavy (non-hydrogen) atoms. The molecule has 1 aliphatic heterocycles. The second-order valence-corrected chi connectivity index (χ2v) is 8.02. The predicted octanol–water partition coefficient (Wildman–Crippen LogP) is 2.20. The number of fused-ring (bicyclic) bond motifs is 4. The van der Waals surface area contributed by atoms with E-state index >= 15 is 0 Å². The lowest BCUT2D eigenvalue weighted by molar-refractivity contribution is -0.141. The van der Waals surface area contributed by atoms with E-state index in [4.69, 9.17) is 10.5 Å². The summed E-state index contributed by atoms with van der Waals surface area (Å²) in [7, 11) is 3.72. The van der Waals surface area contributed by atoms with Crippen LogP contribution in [0.15, 0.2) is 42.5 Å². The van der Waals surface area contributed by atoms with Crippen molar-refractivity contribution in [1.82, 2.24) is 4.90 Å². The van der Waals surface area contributed by atoms with E-state index in [1.807, 2.05) is 12.1 Å². The SMILES string of the molecule is COc1ccc2c(c1)[C@@]1(C)CCN(C)C(C2)[C@@]1(O)c1cccc(C(N)=O)c1. The van der Waals surface area contributed by atoms with Crippen LogP contribution in [0, 0.1) is 0 Å². The molecule has 3 atom stereocenters. The zero-order chi connectivity index (χ0) is 19.4. The highest BCUT2D eigenvalue weighted by atomic mass is 16.5. The highest BCUT2D eigenvalue weighted by Crippen LogP contribution is 2.56. The van der Waals surface area contributed by atoms with E-state index < -0.39 is 16.9 Å². The molecular formula is C22H26N2O3. The fourth-order valence-corrected chi connectivity index (χ4v) is 5.08. The molecule has 0 spiro atoms. The maximum Gasteiger partial charge on any atom is 0.248 e. The van der Waals surface area contributed by atoms with E-state index in [1.54, 1.807) is 25.3 Å². The standard InChI is InChI=1S/C22H26N2O3/c1-21-9-10-24(2)19(12-14-7-8-17(27-3)13-18(14)21)22(21,26)16-6-4-5-15(11-16)20(23)25/h4-8,11,13,19,26H,9-10,12H2,1-3H3,(H2,23,25)/t19?,21-,22+/m1/s1. The molecule has 1 heterocycles. The molecular weight excluding hydrogens is 340 g/mol. The molecule has 2 aliphatic rings. The van der Waals surface area contributed by atoms with Crippen LogP contribution in [-0.2, 0) is 17.4 Å². The third-order valence-corrected chi connectivity index (χ3v) is 6.73. The zero-order valence-electron chi connectivity index (χ0n) is 16.0. The van der Waals surface area contributed by atoms with Crippen molar-refractivity contribution in [1.29, 1.82) is 0 Å². The Hall–Kier alpha value is -2.37. The summed E-state index contributed by atoms with van der Waals surface area (Å²) >= 11 is 0. The van der Waals surface area contributed by atoms with Crippen LogP contribution >= 0.6 is 0 Å². The van der Waals surface area contributed by atoms with Gasteiger partial charge >= 0.3 is 0 Å². The van der Waals surface area contributed by atoms with Gasteiger partial charge in [0.15, 0.2) is 0 Å². The summed E-state index contributed by atoms with van der Waals surface area (Å²) in [5, 5.41) is 12.2. The number of methoxy groups -OCH3 is 1. The predicted molar refractivity (Wildman–Crippen MR) is 104 cm³/mol. The largest absolute Gasteiger partial charge is 0.497 e. The van der Waals surface area contributed by atoms with E-state index in [0.717, 1.165) is 36.3 Å². The van der Waals surface area contributed by atoms with Gasteiger partial charge in [0.2, 0.25) is 5.91 Å². The normalized spacial score (nSPS) is 29.9. The van der Waals surface area contributed by atoms with Crippen molar-refractivity contribution in [2.75, 3.05) is 20.7 Å². The van der Waals surface area contributed by atoms with Crippen molar-refractivity contribution >= 4 is 5.91 Å². The van der Waals surface area contributed by atoms with E-state index in [0.29, 0.717) is 5.56 Å². The van der Waals surface area contributed by atoms with Crippen molar-refractivity contribution in [3.8, 4) is 5.75 Å². The number of nitrogens with zero attached hydrogens (tertiary/aromatic N) is 1. The number of benzene rings is 2. The summed E-state index contributed by atoms with van der Waals surface area (Å²) in [5.41, 5.74) is 7.39. The quantitative estimate of drug-likeness (QED) is 0.873. The van der Waals surface area contributed by atoms with Gasteiger partial charge in [-0.05, 0) is 67.4 Å². The average Bonchev–Trinajstić information content (AvgIpc) is 2.67. The lowest BCUT2D eigenvalue weighted by Gasteiger charge is -2.60. The molecule has 1 fully saturated rings. The fourth-order valence-electron chi connectivity index (χ4n) is 5.08. The number of primary amides is 1. The number of nitrogens with two attached hydrogens (primary N) is 1. The minimum absolute atomic E-state index is 0.0831. The molecule has 4 rings (SSSR count). The number of likely N-dealkylation sites (tertiary alicyclic amines) is 1. The van der Waals surface area contributed by atoms with E-state index in [2.05, 4.69) is 31.0 Å². The van der Waals surface area contributed by atoms with Crippen LogP contribution in [0.5, 0.6) is 5.75 Å². The average molecular weight is 366 g/mol. The Bertz CT molecular complexity index is 912. The van der Waals surface area contributed by atoms with Crippen LogP contribution in [0.1, 0.15) is 40.4 Å². The third-order valence-electron chi connectivity index (χ3n) is 6.73. The highest BCUT2D eigenvalue weighted by molar-refractivity contribution is 5.93. The first-order valence-corrected chi connectivity index (χ1v) is 9.31. The highest BCUT2D eigenvalue weighted by Gasteiger charge is 2.60. The zero-order valence-corrected chi connectivity index (χ0v) is 16.0. The van der Waals surface area contributed by atoms with Gasteiger partial charge in [-0.3, -0.25) is 9.69 Å². The fraction of sp³-hybridized carbons (Fsp3) is 0.409. The van der Waals surface area contributed by atoms with Crippen molar-refractivity contribution in [3.05, 3.63) is 64.7 Å². The topological polar surface area (TPSA) is 75.8 Å². The summed E-state index contributed by atoms with van der Waals surface area (Å²) in [5.74, 6) is 0.308. The molecule has 5 heteroatoms.